The van der Waals surface area contributed by atoms with Crippen LogP contribution in [0.4, 0.5) is 0 Å². The molecule has 1 atom stereocenters. The molecule has 0 N–H and O–H groups in total. The fraction of sp³-hybridized carbons (Fsp3) is 0.562. The molecule has 0 saturated heterocycles. The largest absolute Gasteiger partial charge is 0.479 e. The highest BCUT2D eigenvalue weighted by atomic mass is 16.6. The lowest BCUT2D eigenvalue weighted by molar-refractivity contribution is -0.152. The SMILES string of the molecule is CCCCOC(=O)C(CCCC)Oc1ccccc1. The molecule has 1 rings (SSSR count). The van der Waals surface area contributed by atoms with Crippen LogP contribution in [0.25, 0.3) is 0 Å². The van der Waals surface area contributed by atoms with E-state index in [0.29, 0.717) is 13.0 Å². The van der Waals surface area contributed by atoms with Crippen molar-refractivity contribution in [2.45, 2.75) is 52.1 Å². The van der Waals surface area contributed by atoms with Crippen LogP contribution in [-0.4, -0.2) is 18.7 Å². The van der Waals surface area contributed by atoms with Gasteiger partial charge >= 0.3 is 5.97 Å². The molecule has 0 fully saturated rings. The molecule has 1 aromatic rings. The summed E-state index contributed by atoms with van der Waals surface area (Å²) >= 11 is 0. The zero-order valence-corrected chi connectivity index (χ0v) is 11.9. The third-order valence-electron chi connectivity index (χ3n) is 2.85. The molecule has 106 valence electrons. The minimum absolute atomic E-state index is 0.245. The number of unbranched alkanes of at least 4 members (excludes halogenated alkanes) is 2. The molecule has 0 amide bonds. The van der Waals surface area contributed by atoms with E-state index in [-0.39, 0.29) is 5.97 Å². The molecule has 0 aliphatic carbocycles. The maximum absolute atomic E-state index is 12.0. The molecular weight excluding hydrogens is 240 g/mol. The summed E-state index contributed by atoms with van der Waals surface area (Å²) in [7, 11) is 0. The van der Waals surface area contributed by atoms with Gasteiger partial charge < -0.3 is 9.47 Å². The van der Waals surface area contributed by atoms with Crippen LogP contribution in [0.3, 0.4) is 0 Å². The van der Waals surface area contributed by atoms with Crippen molar-refractivity contribution in [1.82, 2.24) is 0 Å². The smallest absolute Gasteiger partial charge is 0.347 e. The van der Waals surface area contributed by atoms with Crippen LogP contribution < -0.4 is 4.74 Å². The Labute approximate surface area is 115 Å². The summed E-state index contributed by atoms with van der Waals surface area (Å²) in [4.78, 5) is 12.0. The molecule has 1 aromatic carbocycles. The topological polar surface area (TPSA) is 35.5 Å². The van der Waals surface area contributed by atoms with Crippen LogP contribution in [0.5, 0.6) is 5.75 Å². The molecule has 0 aliphatic rings. The molecule has 0 aromatic heterocycles. The van der Waals surface area contributed by atoms with Gasteiger partial charge in [0, 0.05) is 0 Å². The van der Waals surface area contributed by atoms with E-state index in [2.05, 4.69) is 13.8 Å². The highest BCUT2D eigenvalue weighted by molar-refractivity contribution is 5.75. The van der Waals surface area contributed by atoms with E-state index < -0.39 is 6.10 Å². The zero-order valence-electron chi connectivity index (χ0n) is 11.9. The van der Waals surface area contributed by atoms with E-state index in [0.717, 1.165) is 31.4 Å². The molecule has 0 saturated carbocycles. The van der Waals surface area contributed by atoms with Crippen LogP contribution in [0, 0.1) is 0 Å². The van der Waals surface area contributed by atoms with Crippen molar-refractivity contribution in [3.8, 4) is 5.75 Å². The molecule has 1 unspecified atom stereocenters. The quantitative estimate of drug-likeness (QED) is 0.500. The molecular formula is C16H24O3. The summed E-state index contributed by atoms with van der Waals surface area (Å²) in [5.41, 5.74) is 0. The van der Waals surface area contributed by atoms with Crippen molar-refractivity contribution in [2.75, 3.05) is 6.61 Å². The first-order valence-corrected chi connectivity index (χ1v) is 7.16. The van der Waals surface area contributed by atoms with Crippen LogP contribution in [0.15, 0.2) is 30.3 Å². The molecule has 3 nitrogen and oxygen atoms in total. The lowest BCUT2D eigenvalue weighted by Gasteiger charge is -2.17. The first kappa shape index (κ1) is 15.5. The van der Waals surface area contributed by atoms with Crippen molar-refractivity contribution in [1.29, 1.82) is 0 Å². The van der Waals surface area contributed by atoms with Gasteiger partial charge in [-0.3, -0.25) is 0 Å². The number of ether oxygens (including phenoxy) is 2. The van der Waals surface area contributed by atoms with E-state index >= 15 is 0 Å². The summed E-state index contributed by atoms with van der Waals surface area (Å²) < 4.78 is 11.0. The number of hydrogen-bond acceptors (Lipinski definition) is 3. The van der Waals surface area contributed by atoms with Gasteiger partial charge in [-0.1, -0.05) is 44.9 Å². The maximum Gasteiger partial charge on any atom is 0.347 e. The highest BCUT2D eigenvalue weighted by Gasteiger charge is 2.21. The van der Waals surface area contributed by atoms with E-state index in [1.54, 1.807) is 0 Å². The number of esters is 1. The van der Waals surface area contributed by atoms with Gasteiger partial charge in [-0.15, -0.1) is 0 Å². The summed E-state index contributed by atoms with van der Waals surface area (Å²) in [6.45, 7) is 4.65. The second-order valence-electron chi connectivity index (χ2n) is 4.58. The van der Waals surface area contributed by atoms with E-state index in [1.165, 1.54) is 0 Å². The Hall–Kier alpha value is -1.51. The Morgan fingerprint density at radius 2 is 1.79 bits per heavy atom. The van der Waals surface area contributed by atoms with Crippen molar-refractivity contribution in [3.05, 3.63) is 30.3 Å². The first-order valence-electron chi connectivity index (χ1n) is 7.16. The number of carbonyl (C=O) groups is 1. The number of rotatable bonds is 9. The fourth-order valence-electron chi connectivity index (χ4n) is 1.69. The molecule has 19 heavy (non-hydrogen) atoms. The van der Waals surface area contributed by atoms with E-state index in [4.69, 9.17) is 9.47 Å². The predicted octanol–water partition coefficient (Wildman–Crippen LogP) is 3.97. The maximum atomic E-state index is 12.0. The van der Waals surface area contributed by atoms with E-state index in [9.17, 15) is 4.79 Å². The van der Waals surface area contributed by atoms with Gasteiger partial charge in [0.1, 0.15) is 5.75 Å². The number of hydrogen-bond donors (Lipinski definition) is 0. The molecule has 0 radical (unpaired) electrons. The lowest BCUT2D eigenvalue weighted by Crippen LogP contribution is -2.29. The van der Waals surface area contributed by atoms with Gasteiger partial charge in [-0.2, -0.15) is 0 Å². The molecule has 0 aliphatic heterocycles. The predicted molar refractivity (Wildman–Crippen MR) is 76.3 cm³/mol. The van der Waals surface area contributed by atoms with Crippen molar-refractivity contribution in [2.24, 2.45) is 0 Å². The van der Waals surface area contributed by atoms with Gasteiger partial charge in [-0.05, 0) is 31.4 Å². The summed E-state index contributed by atoms with van der Waals surface area (Å²) in [5.74, 6) is 0.474. The highest BCUT2D eigenvalue weighted by Crippen LogP contribution is 2.15. The van der Waals surface area contributed by atoms with Crippen molar-refractivity contribution >= 4 is 5.97 Å². The average molecular weight is 264 g/mol. The normalized spacial score (nSPS) is 11.9. The number of carbonyl (C=O) groups excluding carboxylic acids is 1. The van der Waals surface area contributed by atoms with Gasteiger partial charge in [0.25, 0.3) is 0 Å². The van der Waals surface area contributed by atoms with Gasteiger partial charge in [0.2, 0.25) is 0 Å². The van der Waals surface area contributed by atoms with Gasteiger partial charge in [0.05, 0.1) is 6.61 Å². The number of benzene rings is 1. The minimum Gasteiger partial charge on any atom is -0.479 e. The zero-order chi connectivity index (χ0) is 13.9. The third kappa shape index (κ3) is 6.27. The van der Waals surface area contributed by atoms with Crippen LogP contribution >= 0.6 is 0 Å². The Kier molecular flexibility index (Phi) is 7.71. The van der Waals surface area contributed by atoms with Crippen molar-refractivity contribution in [3.63, 3.8) is 0 Å². The van der Waals surface area contributed by atoms with Crippen molar-refractivity contribution < 1.29 is 14.3 Å². The van der Waals surface area contributed by atoms with Crippen LogP contribution in [-0.2, 0) is 9.53 Å². The molecule has 3 heteroatoms. The van der Waals surface area contributed by atoms with Gasteiger partial charge in [-0.25, -0.2) is 4.79 Å². The Morgan fingerprint density at radius 1 is 1.11 bits per heavy atom. The second-order valence-corrected chi connectivity index (χ2v) is 4.58. The standard InChI is InChI=1S/C16H24O3/c1-3-5-12-15(16(17)18-13-6-4-2)19-14-10-8-7-9-11-14/h7-11,15H,3-6,12-13H2,1-2H3. The summed E-state index contributed by atoms with van der Waals surface area (Å²) in [6.07, 6.45) is 4.14. The Morgan fingerprint density at radius 3 is 2.42 bits per heavy atom. The second kappa shape index (κ2) is 9.42. The molecule has 0 heterocycles. The minimum atomic E-state index is -0.487. The lowest BCUT2D eigenvalue weighted by atomic mass is 10.1. The molecule has 0 spiro atoms. The van der Waals surface area contributed by atoms with E-state index in [1.807, 2.05) is 30.3 Å². The summed E-state index contributed by atoms with van der Waals surface area (Å²) in [6, 6.07) is 9.44. The Bertz CT molecular complexity index is 348. The fourth-order valence-corrected chi connectivity index (χ4v) is 1.69. The molecule has 0 bridgehead atoms. The monoisotopic (exact) mass is 264 g/mol. The first-order chi connectivity index (χ1) is 9.27. The van der Waals surface area contributed by atoms with Crippen LogP contribution in [0.2, 0.25) is 0 Å². The van der Waals surface area contributed by atoms with Crippen LogP contribution in [0.1, 0.15) is 46.0 Å². The average Bonchev–Trinajstić information content (AvgIpc) is 2.44. The van der Waals surface area contributed by atoms with Gasteiger partial charge in [0.15, 0.2) is 6.10 Å². The Balaban J connectivity index is 2.53. The number of para-hydroxylation sites is 1. The third-order valence-corrected chi connectivity index (χ3v) is 2.85. The summed E-state index contributed by atoms with van der Waals surface area (Å²) in [5, 5.41) is 0.